The number of carbonyl (C=O) groups is 1. The number of benzene rings is 1. The van der Waals surface area contributed by atoms with Crippen LogP contribution in [0.25, 0.3) is 0 Å². The summed E-state index contributed by atoms with van der Waals surface area (Å²) in [6.07, 6.45) is 1.87. The van der Waals surface area contributed by atoms with Crippen molar-refractivity contribution in [1.82, 2.24) is 0 Å². The third-order valence-electron chi connectivity index (χ3n) is 2.47. The molecule has 1 aromatic carbocycles. The van der Waals surface area contributed by atoms with Crippen molar-refractivity contribution in [3.63, 3.8) is 0 Å². The predicted octanol–water partition coefficient (Wildman–Crippen LogP) is 2.93. The van der Waals surface area contributed by atoms with Crippen molar-refractivity contribution < 1.29 is 14.1 Å². The molecule has 4 heteroatoms. The fraction of sp³-hybridized carbons (Fsp3) is 0.462. The molecule has 0 aliphatic carbocycles. The molecular formula is C13H18O3S. The quantitative estimate of drug-likeness (QED) is 0.849. The van der Waals surface area contributed by atoms with E-state index < -0.39 is 16.8 Å². The number of hydrogen-bond donors (Lipinski definition) is 1. The van der Waals surface area contributed by atoms with E-state index in [-0.39, 0.29) is 5.56 Å². The Morgan fingerprint density at radius 1 is 1.35 bits per heavy atom. The van der Waals surface area contributed by atoms with Crippen LogP contribution < -0.4 is 0 Å². The molecule has 0 amide bonds. The van der Waals surface area contributed by atoms with E-state index in [1.165, 1.54) is 6.07 Å². The molecule has 1 unspecified atom stereocenters. The fourth-order valence-electron chi connectivity index (χ4n) is 1.57. The van der Waals surface area contributed by atoms with Gasteiger partial charge in [0.15, 0.2) is 0 Å². The number of rotatable bonds is 6. The highest BCUT2D eigenvalue weighted by molar-refractivity contribution is 7.85. The monoisotopic (exact) mass is 254 g/mol. The van der Waals surface area contributed by atoms with E-state index in [9.17, 15) is 9.00 Å². The Hall–Kier alpha value is -1.16. The molecule has 1 N–H and O–H groups in total. The minimum absolute atomic E-state index is 0.149. The average Bonchev–Trinajstić information content (AvgIpc) is 2.28. The van der Waals surface area contributed by atoms with Crippen molar-refractivity contribution in [2.45, 2.75) is 31.6 Å². The van der Waals surface area contributed by atoms with Crippen LogP contribution in [0.15, 0.2) is 29.2 Å². The molecule has 1 rings (SSSR count). The van der Waals surface area contributed by atoms with Gasteiger partial charge in [-0.3, -0.25) is 4.21 Å². The number of carboxylic acids is 1. The maximum Gasteiger partial charge on any atom is 0.336 e. The maximum atomic E-state index is 12.0. The zero-order valence-electron chi connectivity index (χ0n) is 10.2. The summed E-state index contributed by atoms with van der Waals surface area (Å²) in [5.41, 5.74) is 0.149. The van der Waals surface area contributed by atoms with E-state index >= 15 is 0 Å². The highest BCUT2D eigenvalue weighted by Gasteiger charge is 2.14. The third-order valence-corrected chi connectivity index (χ3v) is 3.98. The Labute approximate surface area is 104 Å². The van der Waals surface area contributed by atoms with Gasteiger partial charge in [0.1, 0.15) is 0 Å². The van der Waals surface area contributed by atoms with Crippen molar-refractivity contribution in [3.05, 3.63) is 29.8 Å². The SMILES string of the molecule is CC(C)CCCS(=O)c1ccccc1C(=O)O. The fourth-order valence-corrected chi connectivity index (χ4v) is 2.85. The second-order valence-electron chi connectivity index (χ2n) is 4.39. The largest absolute Gasteiger partial charge is 0.478 e. The number of aromatic carboxylic acids is 1. The van der Waals surface area contributed by atoms with Crippen LogP contribution in [0.5, 0.6) is 0 Å². The van der Waals surface area contributed by atoms with Gasteiger partial charge in [0, 0.05) is 5.75 Å². The molecule has 0 radical (unpaired) electrons. The second kappa shape index (κ2) is 6.55. The molecule has 1 atom stereocenters. The molecule has 0 bridgehead atoms. The molecule has 0 aliphatic heterocycles. The lowest BCUT2D eigenvalue weighted by atomic mass is 10.1. The van der Waals surface area contributed by atoms with E-state index in [1.807, 2.05) is 0 Å². The zero-order valence-corrected chi connectivity index (χ0v) is 11.0. The lowest BCUT2D eigenvalue weighted by molar-refractivity contribution is 0.0693. The highest BCUT2D eigenvalue weighted by atomic mass is 32.2. The Morgan fingerprint density at radius 2 is 2.00 bits per heavy atom. The Balaban J connectivity index is 2.72. The molecular weight excluding hydrogens is 236 g/mol. The van der Waals surface area contributed by atoms with E-state index in [0.29, 0.717) is 16.6 Å². The molecule has 0 saturated carbocycles. The third kappa shape index (κ3) is 4.30. The molecule has 0 fully saturated rings. The first kappa shape index (κ1) is 13.9. The van der Waals surface area contributed by atoms with Crippen LogP contribution >= 0.6 is 0 Å². The first-order valence-electron chi connectivity index (χ1n) is 5.73. The van der Waals surface area contributed by atoms with Gasteiger partial charge in [-0.2, -0.15) is 0 Å². The van der Waals surface area contributed by atoms with Crippen LogP contribution in [-0.4, -0.2) is 21.0 Å². The minimum atomic E-state index is -1.21. The molecule has 0 aliphatic rings. The Morgan fingerprint density at radius 3 is 2.59 bits per heavy atom. The second-order valence-corrected chi connectivity index (χ2v) is 5.93. The van der Waals surface area contributed by atoms with E-state index in [4.69, 9.17) is 5.11 Å². The molecule has 1 aromatic rings. The summed E-state index contributed by atoms with van der Waals surface area (Å²) in [4.78, 5) is 11.4. The van der Waals surface area contributed by atoms with Gasteiger partial charge in [0.2, 0.25) is 0 Å². The molecule has 0 saturated heterocycles. The van der Waals surface area contributed by atoms with E-state index in [0.717, 1.165) is 12.8 Å². The van der Waals surface area contributed by atoms with Gasteiger partial charge in [-0.15, -0.1) is 0 Å². The number of hydrogen-bond acceptors (Lipinski definition) is 2. The van der Waals surface area contributed by atoms with Crippen molar-refractivity contribution in [2.24, 2.45) is 5.92 Å². The standard InChI is InChI=1S/C13H18O3S/c1-10(2)6-5-9-17(16)12-8-4-3-7-11(12)13(14)15/h3-4,7-8,10H,5-6,9H2,1-2H3,(H,14,15). The predicted molar refractivity (Wildman–Crippen MR) is 68.7 cm³/mol. The molecule has 0 spiro atoms. The van der Waals surface area contributed by atoms with Crippen molar-refractivity contribution in [2.75, 3.05) is 5.75 Å². The molecule has 0 aromatic heterocycles. The normalized spacial score (nSPS) is 12.6. The average molecular weight is 254 g/mol. The molecule has 0 heterocycles. The summed E-state index contributed by atoms with van der Waals surface area (Å²) in [5, 5.41) is 8.99. The summed E-state index contributed by atoms with van der Waals surface area (Å²) in [6.45, 7) is 4.24. The minimum Gasteiger partial charge on any atom is -0.478 e. The first-order chi connectivity index (χ1) is 8.02. The maximum absolute atomic E-state index is 12.0. The van der Waals surface area contributed by atoms with Crippen molar-refractivity contribution >= 4 is 16.8 Å². The lowest BCUT2D eigenvalue weighted by Crippen LogP contribution is -2.07. The topological polar surface area (TPSA) is 54.4 Å². The Bertz CT molecular complexity index is 413. The van der Waals surface area contributed by atoms with Gasteiger partial charge in [-0.1, -0.05) is 32.4 Å². The van der Waals surface area contributed by atoms with Crippen LogP contribution in [0.1, 0.15) is 37.0 Å². The summed E-state index contributed by atoms with van der Waals surface area (Å²) in [7, 11) is -1.21. The Kier molecular flexibility index (Phi) is 5.35. The smallest absolute Gasteiger partial charge is 0.336 e. The molecule has 17 heavy (non-hydrogen) atoms. The number of carboxylic acid groups (broad SMARTS) is 1. The van der Waals surface area contributed by atoms with Crippen LogP contribution in [0.2, 0.25) is 0 Å². The summed E-state index contributed by atoms with van der Waals surface area (Å²) < 4.78 is 12.0. The first-order valence-corrected chi connectivity index (χ1v) is 7.05. The summed E-state index contributed by atoms with van der Waals surface area (Å²) in [5.74, 6) is 0.0992. The van der Waals surface area contributed by atoms with Crippen LogP contribution in [0.3, 0.4) is 0 Å². The zero-order chi connectivity index (χ0) is 12.8. The molecule has 3 nitrogen and oxygen atoms in total. The van der Waals surface area contributed by atoms with Gasteiger partial charge in [0.25, 0.3) is 0 Å². The van der Waals surface area contributed by atoms with E-state index in [2.05, 4.69) is 13.8 Å². The van der Waals surface area contributed by atoms with Crippen molar-refractivity contribution in [3.8, 4) is 0 Å². The lowest BCUT2D eigenvalue weighted by Gasteiger charge is -2.07. The van der Waals surface area contributed by atoms with Crippen LogP contribution in [-0.2, 0) is 10.8 Å². The van der Waals surface area contributed by atoms with Gasteiger partial charge >= 0.3 is 5.97 Å². The highest BCUT2D eigenvalue weighted by Crippen LogP contribution is 2.15. The van der Waals surface area contributed by atoms with Gasteiger partial charge in [-0.05, 0) is 24.5 Å². The van der Waals surface area contributed by atoms with Gasteiger partial charge in [-0.25, -0.2) is 4.79 Å². The van der Waals surface area contributed by atoms with Crippen LogP contribution in [0.4, 0.5) is 0 Å². The van der Waals surface area contributed by atoms with Gasteiger partial charge in [0.05, 0.1) is 21.3 Å². The van der Waals surface area contributed by atoms with Crippen LogP contribution in [0, 0.1) is 5.92 Å². The van der Waals surface area contributed by atoms with Gasteiger partial charge < -0.3 is 5.11 Å². The molecule has 94 valence electrons. The van der Waals surface area contributed by atoms with Crippen molar-refractivity contribution in [1.29, 1.82) is 0 Å². The summed E-state index contributed by atoms with van der Waals surface area (Å²) >= 11 is 0. The van der Waals surface area contributed by atoms with E-state index in [1.54, 1.807) is 18.2 Å². The summed E-state index contributed by atoms with van der Waals surface area (Å²) in [6, 6.07) is 6.51.